The number of likely N-dealkylation sites (tertiary alicyclic amines) is 1. The van der Waals surface area contributed by atoms with Gasteiger partial charge in [0.2, 0.25) is 17.8 Å². The predicted octanol–water partition coefficient (Wildman–Crippen LogP) is 4.54. The highest BCUT2D eigenvalue weighted by Gasteiger charge is 2.46. The van der Waals surface area contributed by atoms with E-state index in [4.69, 9.17) is 16.3 Å². The molecule has 2 heterocycles. The molecule has 1 saturated heterocycles. The number of carboxylic acids is 1. The molecule has 3 amide bonds. The Bertz CT molecular complexity index is 1540. The molecule has 1 aliphatic heterocycles. The maximum atomic E-state index is 13.4. The Kier molecular flexibility index (Phi) is 11.5. The summed E-state index contributed by atoms with van der Waals surface area (Å²) in [4.78, 5) is 62.0. The van der Waals surface area contributed by atoms with Crippen molar-refractivity contribution in [2.75, 3.05) is 30.8 Å². The van der Waals surface area contributed by atoms with Crippen LogP contribution in [-0.2, 0) is 27.3 Å². The fourth-order valence-corrected chi connectivity index (χ4v) is 5.55. The van der Waals surface area contributed by atoms with Gasteiger partial charge in [-0.25, -0.2) is 14.8 Å². The standard InChI is InChI=1S/C33H39ClN6O6/c1-4-33(5-2,31(45)40-16-6-7-17-40)30(44)38-26(29(42)43)18-21-8-12-23(13-9-21)37-28(41)27-25(34)20-36-32(39-27)35-19-22-10-14-24(46-3)15-11-22/h8-15,20,26H,4-7,16-19H2,1-3H3,(H,37,41)(H,38,44)(H,42,43)(H,35,36,39)/t26-/m0/s1. The van der Waals surface area contributed by atoms with Crippen molar-refractivity contribution >= 4 is 46.9 Å². The quantitative estimate of drug-likeness (QED) is 0.183. The summed E-state index contributed by atoms with van der Waals surface area (Å²) in [5, 5.41) is 18.4. The largest absolute Gasteiger partial charge is 0.497 e. The second-order valence-corrected chi connectivity index (χ2v) is 11.5. The van der Waals surface area contributed by atoms with Crippen molar-refractivity contribution in [1.82, 2.24) is 20.2 Å². The SMILES string of the molecule is CCC(CC)(C(=O)N[C@@H](Cc1ccc(NC(=O)c2nc(NCc3ccc(OC)cc3)ncc2Cl)cc1)C(=O)O)C(=O)N1CCCC1. The summed E-state index contributed by atoms with van der Waals surface area (Å²) in [6.07, 6.45) is 3.64. The Morgan fingerprint density at radius 2 is 1.63 bits per heavy atom. The Labute approximate surface area is 272 Å². The van der Waals surface area contributed by atoms with Crippen molar-refractivity contribution in [3.8, 4) is 5.75 Å². The van der Waals surface area contributed by atoms with E-state index in [0.717, 1.165) is 24.2 Å². The predicted molar refractivity (Wildman–Crippen MR) is 174 cm³/mol. The third-order valence-electron chi connectivity index (χ3n) is 8.27. The molecule has 4 N–H and O–H groups in total. The lowest BCUT2D eigenvalue weighted by Crippen LogP contribution is -2.55. The van der Waals surface area contributed by atoms with E-state index in [0.29, 0.717) is 30.9 Å². The van der Waals surface area contributed by atoms with Crippen LogP contribution in [0.5, 0.6) is 5.75 Å². The van der Waals surface area contributed by atoms with Crippen LogP contribution in [0.25, 0.3) is 0 Å². The summed E-state index contributed by atoms with van der Waals surface area (Å²) in [6, 6.07) is 12.8. The summed E-state index contributed by atoms with van der Waals surface area (Å²) in [5.74, 6) is -1.63. The number of aliphatic carboxylic acids is 1. The molecule has 2 aromatic carbocycles. The maximum Gasteiger partial charge on any atom is 0.326 e. The molecule has 0 spiro atoms. The zero-order chi connectivity index (χ0) is 33.3. The van der Waals surface area contributed by atoms with Gasteiger partial charge in [0, 0.05) is 31.7 Å². The number of ether oxygens (including phenoxy) is 1. The molecule has 1 fully saturated rings. The molecule has 0 aliphatic carbocycles. The van der Waals surface area contributed by atoms with Gasteiger partial charge in [-0.1, -0.05) is 49.7 Å². The Morgan fingerprint density at radius 1 is 1.00 bits per heavy atom. The number of anilines is 2. The van der Waals surface area contributed by atoms with Gasteiger partial charge in [-0.05, 0) is 61.1 Å². The van der Waals surface area contributed by atoms with Gasteiger partial charge in [-0.2, -0.15) is 0 Å². The van der Waals surface area contributed by atoms with Crippen molar-refractivity contribution in [3.63, 3.8) is 0 Å². The number of aromatic nitrogens is 2. The van der Waals surface area contributed by atoms with E-state index in [1.54, 1.807) is 50.1 Å². The van der Waals surface area contributed by atoms with Crippen LogP contribution in [0, 0.1) is 5.41 Å². The fourth-order valence-electron chi connectivity index (χ4n) is 5.38. The van der Waals surface area contributed by atoms with Gasteiger partial charge in [0.15, 0.2) is 5.69 Å². The van der Waals surface area contributed by atoms with E-state index < -0.39 is 29.2 Å². The summed E-state index contributed by atoms with van der Waals surface area (Å²) in [6.45, 7) is 5.16. The highest BCUT2D eigenvalue weighted by molar-refractivity contribution is 6.34. The van der Waals surface area contributed by atoms with Crippen molar-refractivity contribution in [2.24, 2.45) is 5.41 Å². The van der Waals surface area contributed by atoms with Gasteiger partial charge in [0.05, 0.1) is 18.3 Å². The first kappa shape index (κ1) is 34.2. The Hall–Kier alpha value is -4.71. The monoisotopic (exact) mass is 650 g/mol. The Balaban J connectivity index is 1.38. The van der Waals surface area contributed by atoms with E-state index in [1.165, 1.54) is 6.20 Å². The smallest absolute Gasteiger partial charge is 0.326 e. The first-order valence-corrected chi connectivity index (χ1v) is 15.6. The number of nitrogens with one attached hydrogen (secondary N) is 3. The molecular weight excluding hydrogens is 612 g/mol. The lowest BCUT2D eigenvalue weighted by atomic mass is 9.79. The summed E-state index contributed by atoms with van der Waals surface area (Å²) in [5.41, 5.74) is 0.658. The highest BCUT2D eigenvalue weighted by Crippen LogP contribution is 2.31. The van der Waals surface area contributed by atoms with Crippen LogP contribution in [0.3, 0.4) is 0 Å². The van der Waals surface area contributed by atoms with Crippen LogP contribution < -0.4 is 20.7 Å². The normalized spacial score (nSPS) is 13.5. The summed E-state index contributed by atoms with van der Waals surface area (Å²) >= 11 is 6.23. The number of carboxylic acid groups (broad SMARTS) is 1. The van der Waals surface area contributed by atoms with E-state index in [9.17, 15) is 24.3 Å². The van der Waals surface area contributed by atoms with Crippen LogP contribution in [0.1, 0.15) is 61.1 Å². The van der Waals surface area contributed by atoms with Crippen molar-refractivity contribution in [3.05, 3.63) is 76.6 Å². The minimum absolute atomic E-state index is 0.0162. The number of amides is 3. The van der Waals surface area contributed by atoms with Crippen molar-refractivity contribution < 1.29 is 29.0 Å². The molecule has 1 atom stereocenters. The van der Waals surface area contributed by atoms with Gasteiger partial charge in [0.1, 0.15) is 17.2 Å². The molecule has 46 heavy (non-hydrogen) atoms. The number of benzene rings is 2. The highest BCUT2D eigenvalue weighted by atomic mass is 35.5. The lowest BCUT2D eigenvalue weighted by Gasteiger charge is -2.34. The van der Waals surface area contributed by atoms with E-state index in [-0.39, 0.29) is 41.8 Å². The van der Waals surface area contributed by atoms with Gasteiger partial charge in [-0.3, -0.25) is 14.4 Å². The minimum Gasteiger partial charge on any atom is -0.497 e. The molecule has 0 unspecified atom stereocenters. The summed E-state index contributed by atoms with van der Waals surface area (Å²) in [7, 11) is 1.59. The van der Waals surface area contributed by atoms with E-state index in [2.05, 4.69) is 25.9 Å². The molecule has 0 bridgehead atoms. The first-order valence-electron chi connectivity index (χ1n) is 15.2. The van der Waals surface area contributed by atoms with Gasteiger partial charge in [-0.15, -0.1) is 0 Å². The number of carbonyl (C=O) groups is 4. The molecule has 244 valence electrons. The van der Waals surface area contributed by atoms with Gasteiger partial charge < -0.3 is 30.7 Å². The van der Waals surface area contributed by atoms with Crippen LogP contribution in [0.2, 0.25) is 5.02 Å². The van der Waals surface area contributed by atoms with Gasteiger partial charge in [0.25, 0.3) is 5.91 Å². The molecule has 12 nitrogen and oxygen atoms in total. The second kappa shape index (κ2) is 15.5. The van der Waals surface area contributed by atoms with E-state index in [1.807, 2.05) is 24.3 Å². The van der Waals surface area contributed by atoms with Crippen molar-refractivity contribution in [2.45, 2.75) is 58.5 Å². The molecule has 0 radical (unpaired) electrons. The van der Waals surface area contributed by atoms with Crippen LogP contribution in [0.15, 0.2) is 54.7 Å². The average molecular weight is 651 g/mol. The number of halogens is 1. The number of rotatable bonds is 14. The second-order valence-electron chi connectivity index (χ2n) is 11.1. The van der Waals surface area contributed by atoms with Crippen LogP contribution >= 0.6 is 11.6 Å². The molecule has 0 saturated carbocycles. The lowest BCUT2D eigenvalue weighted by molar-refractivity contribution is -0.153. The Morgan fingerprint density at radius 3 is 2.22 bits per heavy atom. The molecule has 3 aromatic rings. The maximum absolute atomic E-state index is 13.4. The fraction of sp³-hybridized carbons (Fsp3) is 0.394. The van der Waals surface area contributed by atoms with Crippen molar-refractivity contribution in [1.29, 1.82) is 0 Å². The molecule has 13 heteroatoms. The zero-order valence-electron chi connectivity index (χ0n) is 26.1. The first-order chi connectivity index (χ1) is 22.1. The molecule has 1 aromatic heterocycles. The van der Waals surface area contributed by atoms with Crippen LogP contribution in [0.4, 0.5) is 11.6 Å². The van der Waals surface area contributed by atoms with Gasteiger partial charge >= 0.3 is 5.97 Å². The summed E-state index contributed by atoms with van der Waals surface area (Å²) < 4.78 is 5.17. The topological polar surface area (TPSA) is 163 Å². The average Bonchev–Trinajstić information content (AvgIpc) is 3.61. The number of methoxy groups -OCH3 is 1. The van der Waals surface area contributed by atoms with Crippen LogP contribution in [-0.4, -0.2) is 69.9 Å². The zero-order valence-corrected chi connectivity index (χ0v) is 26.9. The van der Waals surface area contributed by atoms with E-state index >= 15 is 0 Å². The number of nitrogens with zero attached hydrogens (tertiary/aromatic N) is 3. The molecule has 4 rings (SSSR count). The third-order valence-corrected chi connectivity index (χ3v) is 8.54. The molecule has 1 aliphatic rings. The third kappa shape index (κ3) is 8.11. The number of hydrogen-bond donors (Lipinski definition) is 4. The minimum atomic E-state index is -1.32. The number of carbonyl (C=O) groups excluding carboxylic acids is 3. The molecular formula is C33H39ClN6O6. The number of hydrogen-bond acceptors (Lipinski definition) is 8.